The fourth-order valence-electron chi connectivity index (χ4n) is 7.35. The number of hydrogen-bond acceptors (Lipinski definition) is 11. The molecular formula is C48H34N4O8Zn. The number of aromatic nitrogens is 2. The first-order valence-corrected chi connectivity index (χ1v) is 17.5. The monoisotopic (exact) mass is 858 g/mol. The van der Waals surface area contributed by atoms with Crippen molar-refractivity contribution in [2.45, 2.75) is 0 Å². The van der Waals surface area contributed by atoms with Crippen LogP contribution in [0.5, 0.6) is 0 Å². The predicted molar refractivity (Wildman–Crippen MR) is 232 cm³/mol. The van der Waals surface area contributed by atoms with Crippen molar-refractivity contribution in [3.8, 4) is 0 Å². The maximum Gasteiger partial charge on any atom is 2.00 e. The van der Waals surface area contributed by atoms with Gasteiger partial charge in [-0.3, -0.25) is 9.20 Å². The van der Waals surface area contributed by atoms with Crippen LogP contribution in [0.25, 0.3) is 70.5 Å². The van der Waals surface area contributed by atoms with E-state index in [9.17, 15) is 14.4 Å². The van der Waals surface area contributed by atoms with E-state index >= 15 is 0 Å². The number of nitrogens with zero attached hydrogens (tertiary/aromatic N) is 2. The fraction of sp³-hybridized carbons (Fsp3) is 0. The van der Waals surface area contributed by atoms with E-state index < -0.39 is 11.9 Å². The Labute approximate surface area is 360 Å². The molecule has 0 amide bonds. The number of anilines is 2. The van der Waals surface area contributed by atoms with E-state index in [0.29, 0.717) is 16.5 Å². The Hall–Kier alpha value is -7.94. The molecule has 0 saturated heterocycles. The molecule has 61 heavy (non-hydrogen) atoms. The zero-order valence-electron chi connectivity index (χ0n) is 32.9. The zero-order valence-corrected chi connectivity index (χ0v) is 35.8. The van der Waals surface area contributed by atoms with Gasteiger partial charge in [0.2, 0.25) is 0 Å². The number of esters is 2. The van der Waals surface area contributed by atoms with Gasteiger partial charge in [0, 0.05) is 43.7 Å². The molecule has 1 aliphatic rings. The van der Waals surface area contributed by atoms with E-state index in [0.717, 1.165) is 76.5 Å². The Morgan fingerprint density at radius 2 is 0.869 bits per heavy atom. The van der Waals surface area contributed by atoms with Crippen LogP contribution in [0.3, 0.4) is 0 Å². The molecule has 0 radical (unpaired) electrons. The van der Waals surface area contributed by atoms with Crippen LogP contribution >= 0.6 is 0 Å². The van der Waals surface area contributed by atoms with Crippen molar-refractivity contribution in [3.05, 3.63) is 182 Å². The van der Waals surface area contributed by atoms with Crippen molar-refractivity contribution in [3.63, 3.8) is 0 Å². The molecule has 11 rings (SSSR count). The van der Waals surface area contributed by atoms with Gasteiger partial charge in [0.05, 0.1) is 22.2 Å². The van der Waals surface area contributed by atoms with Gasteiger partial charge in [-0.2, -0.15) is 19.2 Å². The van der Waals surface area contributed by atoms with Gasteiger partial charge >= 0.3 is 43.7 Å². The quantitative estimate of drug-likeness (QED) is 0.0282. The summed E-state index contributed by atoms with van der Waals surface area (Å²) >= 11 is 0. The predicted octanol–water partition coefficient (Wildman–Crippen LogP) is 8.63. The first-order chi connectivity index (χ1) is 28.2. The number of cyclic esters (lactones) is 2. The van der Waals surface area contributed by atoms with Crippen LogP contribution in [0.1, 0.15) is 20.7 Å². The van der Waals surface area contributed by atoms with E-state index in [2.05, 4.69) is 22.9 Å². The van der Waals surface area contributed by atoms with Crippen molar-refractivity contribution < 1.29 is 53.0 Å². The van der Waals surface area contributed by atoms with E-state index in [-0.39, 0.29) is 52.2 Å². The summed E-state index contributed by atoms with van der Waals surface area (Å²) in [5, 5.41) is 9.59. The summed E-state index contributed by atoms with van der Waals surface area (Å²) in [6, 6.07) is 46.4. The fourth-order valence-corrected chi connectivity index (χ4v) is 7.35. The SMILES string of the molecule is Nc1cccc2cccc(N)c12.O=C1OC(=O)c2cccc3cccc1c23.O=C=O.O=C=O.O=c1c2cccc3cccc(c32)c2nc3cccc4cccc(c43)n12.[CH3-].[CH3-].[Zn+2]. The minimum absolute atomic E-state index is 0. The Morgan fingerprint density at radius 1 is 0.475 bits per heavy atom. The van der Waals surface area contributed by atoms with Gasteiger partial charge in [-0.1, -0.05) is 103 Å². The van der Waals surface area contributed by atoms with E-state index in [1.807, 2.05) is 103 Å². The Kier molecular flexibility index (Phi) is 14.8. The zero-order chi connectivity index (χ0) is 40.9. The van der Waals surface area contributed by atoms with Gasteiger partial charge in [0.15, 0.2) is 0 Å². The number of rotatable bonds is 0. The summed E-state index contributed by atoms with van der Waals surface area (Å²) in [5.41, 5.74) is 16.5. The standard InChI is InChI=1S/C22H12N2O.C12H6O3.C10H10N2.2CO2.2CH3.Zn/c25-22-16-10-2-6-13-5-1-9-15(19(13)16)21-23-17-11-3-7-14-8-4-12-18(20(14)17)24(21)22;13-11-8-5-1-3-7-4-2-6-9(10(7)8)12(14)15-11;11-8-5-1-3-7-4-2-6-9(12)10(7)8;2*2-1-3;;;/h1-12H;1-6H;1-6H,11-12H2;;;2*1H3;/q;;;;;2*-1;+2. The molecule has 12 nitrogen and oxygen atoms in total. The van der Waals surface area contributed by atoms with Gasteiger partial charge in [-0.25, -0.2) is 14.6 Å². The van der Waals surface area contributed by atoms with Gasteiger partial charge in [-0.05, 0) is 64.0 Å². The molecule has 296 valence electrons. The van der Waals surface area contributed by atoms with Crippen molar-refractivity contribution in [2.24, 2.45) is 0 Å². The molecule has 1 aliphatic heterocycles. The number of nitrogen functional groups attached to an aromatic ring is 2. The van der Waals surface area contributed by atoms with Crippen LogP contribution in [0.4, 0.5) is 11.4 Å². The average molecular weight is 860 g/mol. The average Bonchev–Trinajstić information content (AvgIpc) is 3.23. The molecule has 4 N–H and O–H groups in total. The van der Waals surface area contributed by atoms with E-state index in [1.165, 1.54) is 0 Å². The van der Waals surface area contributed by atoms with Gasteiger partial charge in [0.1, 0.15) is 5.65 Å². The molecule has 13 heteroatoms. The van der Waals surface area contributed by atoms with Gasteiger partial charge in [0.25, 0.3) is 5.56 Å². The van der Waals surface area contributed by atoms with E-state index in [4.69, 9.17) is 35.6 Å². The normalized spacial score (nSPS) is 10.8. The van der Waals surface area contributed by atoms with Crippen LogP contribution in [-0.4, -0.2) is 33.6 Å². The van der Waals surface area contributed by atoms with Crippen LogP contribution < -0.4 is 17.0 Å². The summed E-state index contributed by atoms with van der Waals surface area (Å²) in [7, 11) is 0. The third kappa shape index (κ3) is 8.48. The summed E-state index contributed by atoms with van der Waals surface area (Å²) in [6.07, 6.45) is 0.500. The van der Waals surface area contributed by atoms with Gasteiger partial charge in [-0.15, -0.1) is 0 Å². The van der Waals surface area contributed by atoms with Crippen LogP contribution in [-0.2, 0) is 43.4 Å². The number of hydrogen-bond donors (Lipinski definition) is 2. The summed E-state index contributed by atoms with van der Waals surface area (Å²) in [4.78, 5) is 73.6. The second-order valence-corrected chi connectivity index (χ2v) is 12.8. The minimum atomic E-state index is -0.565. The number of carbonyl (C=O) groups excluding carboxylic acids is 6. The molecule has 0 atom stereocenters. The number of benzene rings is 8. The van der Waals surface area contributed by atoms with Crippen LogP contribution in [0.15, 0.2) is 150 Å². The first-order valence-electron chi connectivity index (χ1n) is 17.5. The molecule has 0 fully saturated rings. The van der Waals surface area contributed by atoms with Crippen molar-refractivity contribution in [1.29, 1.82) is 0 Å². The summed E-state index contributed by atoms with van der Waals surface area (Å²) in [6.45, 7) is 0. The van der Waals surface area contributed by atoms with Gasteiger partial charge < -0.3 is 31.1 Å². The summed E-state index contributed by atoms with van der Waals surface area (Å²) < 4.78 is 6.40. The largest absolute Gasteiger partial charge is 2.00 e. The molecule has 0 spiro atoms. The third-order valence-corrected chi connectivity index (χ3v) is 9.62. The van der Waals surface area contributed by atoms with Crippen molar-refractivity contribution >= 4 is 106 Å². The van der Waals surface area contributed by atoms with E-state index in [1.54, 1.807) is 28.7 Å². The number of ether oxygens (including phenoxy) is 1. The van der Waals surface area contributed by atoms with Crippen LogP contribution in [0, 0.1) is 14.9 Å². The Morgan fingerprint density at radius 3 is 1.38 bits per heavy atom. The topological polar surface area (TPSA) is 198 Å². The van der Waals surface area contributed by atoms with Crippen molar-refractivity contribution in [1.82, 2.24) is 9.38 Å². The third-order valence-electron chi connectivity index (χ3n) is 9.62. The number of pyridine rings is 1. The maximum absolute atomic E-state index is 13.3. The molecule has 0 saturated carbocycles. The molecule has 8 aromatic carbocycles. The molecule has 10 aromatic rings. The first kappa shape index (κ1) is 45.8. The van der Waals surface area contributed by atoms with Crippen molar-refractivity contribution in [2.75, 3.05) is 11.5 Å². The molecule has 0 unspecified atom stereocenters. The molecular weight excluding hydrogens is 826 g/mol. The molecule has 3 heterocycles. The Balaban J connectivity index is 0.000000197. The van der Waals surface area contributed by atoms with Crippen LogP contribution in [0.2, 0.25) is 0 Å². The number of nitrogens with two attached hydrogens (primary N) is 2. The minimum Gasteiger partial charge on any atom is -0.398 e. The number of fused-ring (bicyclic) bond motifs is 4. The number of carbonyl (C=O) groups is 2. The molecule has 0 bridgehead atoms. The summed E-state index contributed by atoms with van der Waals surface area (Å²) in [5.74, 6) is -1.13. The maximum atomic E-state index is 13.3. The second kappa shape index (κ2) is 19.7. The molecule has 2 aromatic heterocycles. The Bertz CT molecular complexity index is 3270. The molecule has 0 aliphatic carbocycles. The second-order valence-electron chi connectivity index (χ2n) is 12.8. The smallest absolute Gasteiger partial charge is 0.398 e.